The molecular formula is C12H22N4O. The lowest BCUT2D eigenvalue weighted by atomic mass is 10.2. The normalized spacial score (nSPS) is 10.4. The molecule has 0 radical (unpaired) electrons. The Hall–Kier alpha value is -1.52. The van der Waals surface area contributed by atoms with Crippen LogP contribution in [0.5, 0.6) is 0 Å². The maximum absolute atomic E-state index is 11.5. The van der Waals surface area contributed by atoms with Crippen molar-refractivity contribution in [3.63, 3.8) is 0 Å². The van der Waals surface area contributed by atoms with Crippen molar-refractivity contribution in [3.8, 4) is 0 Å². The van der Waals surface area contributed by atoms with E-state index in [4.69, 9.17) is 0 Å². The van der Waals surface area contributed by atoms with Crippen molar-refractivity contribution in [2.45, 2.75) is 40.2 Å². The first-order chi connectivity index (χ1) is 8.06. The second-order valence-corrected chi connectivity index (χ2v) is 4.24. The molecule has 0 atom stereocenters. The Morgan fingerprint density at radius 2 is 2.06 bits per heavy atom. The molecule has 0 bridgehead atoms. The fourth-order valence-corrected chi connectivity index (χ4v) is 1.68. The van der Waals surface area contributed by atoms with E-state index in [9.17, 15) is 4.79 Å². The van der Waals surface area contributed by atoms with Gasteiger partial charge in [0.25, 0.3) is 0 Å². The summed E-state index contributed by atoms with van der Waals surface area (Å²) in [6.07, 6.45) is 2.10. The van der Waals surface area contributed by atoms with Gasteiger partial charge in [-0.25, -0.2) is 4.79 Å². The van der Waals surface area contributed by atoms with Crippen LogP contribution in [0.2, 0.25) is 0 Å². The van der Waals surface area contributed by atoms with E-state index < -0.39 is 0 Å². The monoisotopic (exact) mass is 238 g/mol. The van der Waals surface area contributed by atoms with E-state index in [1.165, 1.54) is 0 Å². The molecular weight excluding hydrogens is 216 g/mol. The maximum Gasteiger partial charge on any atom is 0.315 e. The Balaban J connectivity index is 2.42. The summed E-state index contributed by atoms with van der Waals surface area (Å²) < 4.78 is 1.83. The van der Waals surface area contributed by atoms with Gasteiger partial charge >= 0.3 is 6.03 Å². The molecule has 5 nitrogen and oxygen atoms in total. The molecule has 0 saturated carbocycles. The molecule has 1 aromatic rings. The Morgan fingerprint density at radius 1 is 1.35 bits per heavy atom. The molecule has 2 N–H and O–H groups in total. The van der Waals surface area contributed by atoms with Crippen LogP contribution in [0.3, 0.4) is 0 Å². The van der Waals surface area contributed by atoms with Crippen LogP contribution in [0.1, 0.15) is 36.7 Å². The predicted molar refractivity (Wildman–Crippen MR) is 67.8 cm³/mol. The Morgan fingerprint density at radius 3 is 2.59 bits per heavy atom. The molecule has 0 spiro atoms. The van der Waals surface area contributed by atoms with Gasteiger partial charge in [-0.2, -0.15) is 5.10 Å². The van der Waals surface area contributed by atoms with Crippen molar-refractivity contribution in [3.05, 3.63) is 17.0 Å². The molecule has 0 fully saturated rings. The van der Waals surface area contributed by atoms with Gasteiger partial charge in [-0.1, -0.05) is 13.3 Å². The summed E-state index contributed by atoms with van der Waals surface area (Å²) >= 11 is 0. The number of amides is 2. The zero-order chi connectivity index (χ0) is 12.8. The highest BCUT2D eigenvalue weighted by molar-refractivity contribution is 5.73. The Bertz CT molecular complexity index is 384. The van der Waals surface area contributed by atoms with Crippen LogP contribution in [0.25, 0.3) is 0 Å². The lowest BCUT2D eigenvalue weighted by molar-refractivity contribution is 0.240. The third-order valence-electron chi connectivity index (χ3n) is 2.90. The van der Waals surface area contributed by atoms with Gasteiger partial charge in [0.05, 0.1) is 5.69 Å². The minimum atomic E-state index is -0.110. The number of unbranched alkanes of at least 4 members (excludes halogenated alkanes) is 1. The van der Waals surface area contributed by atoms with Crippen LogP contribution >= 0.6 is 0 Å². The topological polar surface area (TPSA) is 59.0 Å². The minimum Gasteiger partial charge on any atom is -0.338 e. The summed E-state index contributed by atoms with van der Waals surface area (Å²) in [5, 5.41) is 9.98. The average Bonchev–Trinajstić information content (AvgIpc) is 2.51. The summed E-state index contributed by atoms with van der Waals surface area (Å²) in [6, 6.07) is -0.110. The molecule has 2 amide bonds. The fourth-order valence-electron chi connectivity index (χ4n) is 1.68. The van der Waals surface area contributed by atoms with Crippen LogP contribution < -0.4 is 10.6 Å². The molecule has 5 heteroatoms. The van der Waals surface area contributed by atoms with Crippen LogP contribution in [-0.4, -0.2) is 22.4 Å². The van der Waals surface area contributed by atoms with E-state index in [1.807, 2.05) is 25.6 Å². The second kappa shape index (κ2) is 6.27. The van der Waals surface area contributed by atoms with Gasteiger partial charge in [0.15, 0.2) is 0 Å². The zero-order valence-electron chi connectivity index (χ0n) is 11.1. The predicted octanol–water partition coefficient (Wildman–Crippen LogP) is 1.64. The average molecular weight is 238 g/mol. The number of hydrogen-bond acceptors (Lipinski definition) is 2. The standard InChI is InChI=1S/C12H22N4O/c1-5-6-7-13-12(17)14-8-11-9(2)15-16(4)10(11)3/h5-8H2,1-4H3,(H2,13,14,17). The highest BCUT2D eigenvalue weighted by Gasteiger charge is 2.09. The fraction of sp³-hybridized carbons (Fsp3) is 0.667. The Kier molecular flexibility index (Phi) is 5.00. The number of aryl methyl sites for hydroxylation is 2. The Labute approximate surface area is 103 Å². The van der Waals surface area contributed by atoms with Crippen LogP contribution in [0.15, 0.2) is 0 Å². The lowest BCUT2D eigenvalue weighted by Crippen LogP contribution is -2.35. The van der Waals surface area contributed by atoms with Crippen molar-refractivity contribution >= 4 is 6.03 Å². The number of carbonyl (C=O) groups excluding carboxylic acids is 1. The molecule has 0 saturated heterocycles. The van der Waals surface area contributed by atoms with Crippen molar-refractivity contribution in [2.75, 3.05) is 6.54 Å². The lowest BCUT2D eigenvalue weighted by Gasteiger charge is -2.07. The highest BCUT2D eigenvalue weighted by Crippen LogP contribution is 2.10. The van der Waals surface area contributed by atoms with Crippen molar-refractivity contribution in [1.82, 2.24) is 20.4 Å². The van der Waals surface area contributed by atoms with Gasteiger partial charge in [0.2, 0.25) is 0 Å². The van der Waals surface area contributed by atoms with Crippen molar-refractivity contribution in [2.24, 2.45) is 7.05 Å². The second-order valence-electron chi connectivity index (χ2n) is 4.24. The van der Waals surface area contributed by atoms with Crippen LogP contribution in [0.4, 0.5) is 4.79 Å². The molecule has 0 aliphatic carbocycles. The molecule has 0 aliphatic heterocycles. The summed E-state index contributed by atoms with van der Waals surface area (Å²) in [5.74, 6) is 0. The van der Waals surface area contributed by atoms with E-state index in [2.05, 4.69) is 22.7 Å². The summed E-state index contributed by atoms with van der Waals surface area (Å²) in [6.45, 7) is 7.32. The SMILES string of the molecule is CCCCNC(=O)NCc1c(C)nn(C)c1C. The van der Waals surface area contributed by atoms with Crippen molar-refractivity contribution in [1.29, 1.82) is 0 Å². The number of nitrogens with zero attached hydrogens (tertiary/aromatic N) is 2. The first-order valence-corrected chi connectivity index (χ1v) is 6.07. The molecule has 1 heterocycles. The molecule has 0 aromatic carbocycles. The number of carbonyl (C=O) groups is 1. The third-order valence-corrected chi connectivity index (χ3v) is 2.90. The summed E-state index contributed by atoms with van der Waals surface area (Å²) in [5.41, 5.74) is 3.16. The molecule has 1 rings (SSSR count). The van der Waals surface area contributed by atoms with E-state index in [0.29, 0.717) is 6.54 Å². The molecule has 0 aliphatic rings. The van der Waals surface area contributed by atoms with E-state index in [0.717, 1.165) is 36.3 Å². The van der Waals surface area contributed by atoms with Gasteiger partial charge in [-0.05, 0) is 20.3 Å². The van der Waals surface area contributed by atoms with Crippen LogP contribution in [0, 0.1) is 13.8 Å². The smallest absolute Gasteiger partial charge is 0.315 e. The number of rotatable bonds is 5. The van der Waals surface area contributed by atoms with E-state index >= 15 is 0 Å². The summed E-state index contributed by atoms with van der Waals surface area (Å²) in [7, 11) is 1.91. The van der Waals surface area contributed by atoms with Gasteiger partial charge in [0.1, 0.15) is 0 Å². The largest absolute Gasteiger partial charge is 0.338 e. The van der Waals surface area contributed by atoms with E-state index in [-0.39, 0.29) is 6.03 Å². The number of urea groups is 1. The third kappa shape index (κ3) is 3.76. The maximum atomic E-state index is 11.5. The number of hydrogen-bond donors (Lipinski definition) is 2. The molecule has 0 unspecified atom stereocenters. The van der Waals surface area contributed by atoms with Gasteiger partial charge in [0, 0.05) is 31.4 Å². The zero-order valence-corrected chi connectivity index (χ0v) is 11.1. The van der Waals surface area contributed by atoms with Crippen LogP contribution in [-0.2, 0) is 13.6 Å². The van der Waals surface area contributed by atoms with Gasteiger partial charge < -0.3 is 10.6 Å². The molecule has 96 valence electrons. The first-order valence-electron chi connectivity index (χ1n) is 6.07. The van der Waals surface area contributed by atoms with Gasteiger partial charge in [-0.15, -0.1) is 0 Å². The number of nitrogens with one attached hydrogen (secondary N) is 2. The first kappa shape index (κ1) is 13.5. The van der Waals surface area contributed by atoms with E-state index in [1.54, 1.807) is 0 Å². The minimum absolute atomic E-state index is 0.110. The quantitative estimate of drug-likeness (QED) is 0.766. The van der Waals surface area contributed by atoms with Crippen molar-refractivity contribution < 1.29 is 4.79 Å². The number of aromatic nitrogens is 2. The summed E-state index contributed by atoms with van der Waals surface area (Å²) in [4.78, 5) is 11.5. The molecule has 17 heavy (non-hydrogen) atoms. The highest BCUT2D eigenvalue weighted by atomic mass is 16.2. The van der Waals surface area contributed by atoms with Gasteiger partial charge in [-0.3, -0.25) is 4.68 Å². The molecule has 1 aromatic heterocycles.